The molecule has 1 aromatic rings. The topological polar surface area (TPSA) is 21.3 Å². The summed E-state index contributed by atoms with van der Waals surface area (Å²) in [5, 5.41) is 5.02. The quantitative estimate of drug-likeness (QED) is 0.665. The second-order valence-electron chi connectivity index (χ2n) is 6.77. The van der Waals surface area contributed by atoms with Crippen LogP contribution in [0.3, 0.4) is 0 Å². The first-order chi connectivity index (χ1) is 10.5. The van der Waals surface area contributed by atoms with Crippen LogP contribution in [0.15, 0.2) is 18.2 Å². The molecule has 0 spiro atoms. The van der Waals surface area contributed by atoms with E-state index in [0.29, 0.717) is 22.0 Å². The Morgan fingerprint density at radius 2 is 1.95 bits per heavy atom. The number of hydrogen-bond acceptors (Lipinski definition) is 2. The summed E-state index contributed by atoms with van der Waals surface area (Å²) in [6, 6.07) is 6.60. The maximum atomic E-state index is 6.27. The zero-order valence-corrected chi connectivity index (χ0v) is 15.3. The molecule has 1 aliphatic rings. The van der Waals surface area contributed by atoms with Gasteiger partial charge in [-0.25, -0.2) is 0 Å². The van der Waals surface area contributed by atoms with Gasteiger partial charge in [0.2, 0.25) is 0 Å². The summed E-state index contributed by atoms with van der Waals surface area (Å²) in [6.07, 6.45) is 4.86. The Morgan fingerprint density at radius 1 is 1.23 bits per heavy atom. The zero-order chi connectivity index (χ0) is 16.2. The maximum Gasteiger partial charge on any atom is 0.0595 e. The van der Waals surface area contributed by atoms with Gasteiger partial charge in [0.05, 0.1) is 16.7 Å². The molecule has 0 unspecified atom stereocenters. The molecule has 0 aromatic heterocycles. The molecule has 4 heteroatoms. The normalized spacial score (nSPS) is 18.3. The fourth-order valence-electron chi connectivity index (χ4n) is 3.51. The predicted octanol–water partition coefficient (Wildman–Crippen LogP) is 5.07. The standard InChI is InChI=1S/C18H27Cl2NO/c1-13(2)11-17(21-9-10-22-3)18(7-4-8-18)14-5-6-15(19)16(20)12-14/h5-6,12-13,17,21H,4,7-11H2,1-3H3/t17-/m1/s1. The van der Waals surface area contributed by atoms with Gasteiger partial charge in [0.25, 0.3) is 0 Å². The summed E-state index contributed by atoms with van der Waals surface area (Å²) < 4.78 is 5.20. The second-order valence-corrected chi connectivity index (χ2v) is 7.58. The molecule has 22 heavy (non-hydrogen) atoms. The molecule has 2 rings (SSSR count). The van der Waals surface area contributed by atoms with Crippen molar-refractivity contribution >= 4 is 23.2 Å². The van der Waals surface area contributed by atoms with E-state index in [1.54, 1.807) is 7.11 Å². The largest absolute Gasteiger partial charge is 0.383 e. The van der Waals surface area contributed by atoms with Crippen LogP contribution in [0, 0.1) is 5.92 Å². The Kier molecular flexibility index (Phi) is 6.58. The molecular weight excluding hydrogens is 317 g/mol. The lowest BCUT2D eigenvalue weighted by atomic mass is 9.59. The van der Waals surface area contributed by atoms with E-state index >= 15 is 0 Å². The highest BCUT2D eigenvalue weighted by Crippen LogP contribution is 2.48. The van der Waals surface area contributed by atoms with E-state index in [2.05, 4.69) is 31.3 Å². The van der Waals surface area contributed by atoms with Crippen molar-refractivity contribution in [2.24, 2.45) is 5.92 Å². The third-order valence-corrected chi connectivity index (χ3v) is 5.55. The van der Waals surface area contributed by atoms with Crippen LogP contribution in [-0.2, 0) is 10.2 Å². The minimum absolute atomic E-state index is 0.187. The highest BCUT2D eigenvalue weighted by atomic mass is 35.5. The highest BCUT2D eigenvalue weighted by molar-refractivity contribution is 6.42. The number of hydrogen-bond donors (Lipinski definition) is 1. The van der Waals surface area contributed by atoms with Crippen molar-refractivity contribution < 1.29 is 4.74 Å². The summed E-state index contributed by atoms with van der Waals surface area (Å²) in [7, 11) is 1.75. The smallest absolute Gasteiger partial charge is 0.0595 e. The predicted molar refractivity (Wildman–Crippen MR) is 95.1 cm³/mol. The van der Waals surface area contributed by atoms with Crippen LogP contribution >= 0.6 is 23.2 Å². The molecule has 1 fully saturated rings. The number of halogens is 2. The molecule has 0 bridgehead atoms. The molecule has 124 valence electrons. The molecule has 1 saturated carbocycles. The van der Waals surface area contributed by atoms with Crippen molar-refractivity contribution in [1.29, 1.82) is 0 Å². The van der Waals surface area contributed by atoms with Crippen LogP contribution in [0.2, 0.25) is 10.0 Å². The van der Waals surface area contributed by atoms with Gasteiger partial charge < -0.3 is 10.1 Å². The Labute approximate surface area is 144 Å². The SMILES string of the molecule is COCCN[C@H](CC(C)C)C1(c2ccc(Cl)c(Cl)c2)CCC1. The molecular formula is C18H27Cl2NO. The molecule has 0 radical (unpaired) electrons. The van der Waals surface area contributed by atoms with E-state index in [1.165, 1.54) is 24.8 Å². The van der Waals surface area contributed by atoms with Crippen molar-refractivity contribution in [3.05, 3.63) is 33.8 Å². The van der Waals surface area contributed by atoms with Crippen LogP contribution in [-0.4, -0.2) is 26.3 Å². The van der Waals surface area contributed by atoms with Gasteiger partial charge in [0.1, 0.15) is 0 Å². The molecule has 0 aliphatic heterocycles. The van der Waals surface area contributed by atoms with Gasteiger partial charge in [-0.15, -0.1) is 0 Å². The fourth-order valence-corrected chi connectivity index (χ4v) is 3.81. The van der Waals surface area contributed by atoms with Crippen molar-refractivity contribution in [3.8, 4) is 0 Å². The lowest BCUT2D eigenvalue weighted by molar-refractivity contribution is 0.135. The minimum atomic E-state index is 0.187. The van der Waals surface area contributed by atoms with Gasteiger partial charge in [0, 0.05) is 25.1 Å². The average Bonchev–Trinajstić information content (AvgIpc) is 2.41. The van der Waals surface area contributed by atoms with E-state index in [1.807, 2.05) is 6.07 Å². The first kappa shape index (κ1) is 18.1. The van der Waals surface area contributed by atoms with E-state index in [9.17, 15) is 0 Å². The monoisotopic (exact) mass is 343 g/mol. The van der Waals surface area contributed by atoms with Crippen molar-refractivity contribution in [1.82, 2.24) is 5.32 Å². The molecule has 2 nitrogen and oxygen atoms in total. The first-order valence-electron chi connectivity index (χ1n) is 8.17. The van der Waals surface area contributed by atoms with E-state index < -0.39 is 0 Å². The molecule has 1 atom stereocenters. The molecule has 1 N–H and O–H groups in total. The van der Waals surface area contributed by atoms with Crippen molar-refractivity contribution in [2.45, 2.75) is 51.0 Å². The van der Waals surface area contributed by atoms with E-state index in [4.69, 9.17) is 27.9 Å². The molecule has 0 amide bonds. The Hall–Kier alpha value is -0.280. The third kappa shape index (κ3) is 3.97. The molecule has 0 saturated heterocycles. The fraction of sp³-hybridized carbons (Fsp3) is 0.667. The number of benzene rings is 1. The summed E-state index contributed by atoms with van der Waals surface area (Å²) in [5.74, 6) is 0.653. The number of methoxy groups -OCH3 is 1. The van der Waals surface area contributed by atoms with Crippen LogP contribution < -0.4 is 5.32 Å². The zero-order valence-electron chi connectivity index (χ0n) is 13.8. The Bertz CT molecular complexity index is 486. The minimum Gasteiger partial charge on any atom is -0.383 e. The second kappa shape index (κ2) is 8.01. The van der Waals surface area contributed by atoms with Crippen molar-refractivity contribution in [2.75, 3.05) is 20.3 Å². The summed E-state index contributed by atoms with van der Waals surface area (Å²) in [4.78, 5) is 0. The molecule has 1 aromatic carbocycles. The lowest BCUT2D eigenvalue weighted by Crippen LogP contribution is -2.54. The summed E-state index contributed by atoms with van der Waals surface area (Å²) in [5.41, 5.74) is 1.51. The molecule has 0 heterocycles. The third-order valence-electron chi connectivity index (χ3n) is 4.81. The van der Waals surface area contributed by atoms with Crippen LogP contribution in [0.1, 0.15) is 45.1 Å². The first-order valence-corrected chi connectivity index (χ1v) is 8.93. The van der Waals surface area contributed by atoms with Gasteiger partial charge in [-0.2, -0.15) is 0 Å². The van der Waals surface area contributed by atoms with E-state index in [0.717, 1.165) is 19.6 Å². The van der Waals surface area contributed by atoms with E-state index in [-0.39, 0.29) is 5.41 Å². The summed E-state index contributed by atoms with van der Waals surface area (Å²) >= 11 is 12.4. The van der Waals surface area contributed by atoms with Gasteiger partial charge in [-0.3, -0.25) is 0 Å². The average molecular weight is 344 g/mol. The number of ether oxygens (including phenoxy) is 1. The highest BCUT2D eigenvalue weighted by Gasteiger charge is 2.45. The number of nitrogens with one attached hydrogen (secondary N) is 1. The maximum absolute atomic E-state index is 6.27. The Morgan fingerprint density at radius 3 is 2.45 bits per heavy atom. The van der Waals surface area contributed by atoms with Gasteiger partial charge in [0.15, 0.2) is 0 Å². The van der Waals surface area contributed by atoms with Crippen LogP contribution in [0.25, 0.3) is 0 Å². The van der Waals surface area contributed by atoms with Crippen molar-refractivity contribution in [3.63, 3.8) is 0 Å². The van der Waals surface area contributed by atoms with Gasteiger partial charge in [-0.05, 0) is 42.9 Å². The van der Waals surface area contributed by atoms with Crippen LogP contribution in [0.5, 0.6) is 0 Å². The molecule has 1 aliphatic carbocycles. The van der Waals surface area contributed by atoms with Crippen LogP contribution in [0.4, 0.5) is 0 Å². The Balaban J connectivity index is 2.24. The van der Waals surface area contributed by atoms with Gasteiger partial charge in [-0.1, -0.05) is 49.5 Å². The number of rotatable bonds is 8. The summed E-state index contributed by atoms with van der Waals surface area (Å²) in [6.45, 7) is 6.20. The van der Waals surface area contributed by atoms with Gasteiger partial charge >= 0.3 is 0 Å². The lowest BCUT2D eigenvalue weighted by Gasteiger charge is -2.49.